The summed E-state index contributed by atoms with van der Waals surface area (Å²) in [5.74, 6) is 1.94. The number of piperidine rings is 2. The molecule has 3 heterocycles. The van der Waals surface area contributed by atoms with E-state index in [0.717, 1.165) is 50.2 Å². The normalized spacial score (nSPS) is 22.4. The van der Waals surface area contributed by atoms with Gasteiger partial charge < -0.3 is 19.6 Å². The molecular weight excluding hydrogens is 368 g/mol. The largest absolute Gasteiger partial charge is 0.355 e. The molecule has 1 aromatic rings. The van der Waals surface area contributed by atoms with Gasteiger partial charge in [0, 0.05) is 66.1 Å². The number of anilines is 2. The van der Waals surface area contributed by atoms with Crippen LogP contribution in [0.3, 0.4) is 0 Å². The van der Waals surface area contributed by atoms with Gasteiger partial charge in [-0.2, -0.15) is 4.98 Å². The van der Waals surface area contributed by atoms with Crippen molar-refractivity contribution in [3.63, 3.8) is 0 Å². The highest BCUT2D eigenvalue weighted by Gasteiger charge is 2.31. The summed E-state index contributed by atoms with van der Waals surface area (Å²) in [5.41, 5.74) is 1.02. The van der Waals surface area contributed by atoms with Gasteiger partial charge in [0.1, 0.15) is 5.82 Å². The lowest BCUT2D eigenvalue weighted by Crippen LogP contribution is -2.44. The second kappa shape index (κ2) is 8.97. The summed E-state index contributed by atoms with van der Waals surface area (Å²) in [5, 5.41) is 0. The van der Waals surface area contributed by atoms with Crippen molar-refractivity contribution >= 4 is 23.6 Å². The van der Waals surface area contributed by atoms with Crippen LogP contribution in [0, 0.1) is 18.8 Å². The summed E-state index contributed by atoms with van der Waals surface area (Å²) in [7, 11) is 7.25. The maximum Gasteiger partial charge on any atom is 0.227 e. The quantitative estimate of drug-likeness (QED) is 0.758. The Bertz CT molecular complexity index is 751. The topological polar surface area (TPSA) is 72.9 Å². The van der Waals surface area contributed by atoms with Gasteiger partial charge in [0.25, 0.3) is 0 Å². The molecule has 2 atom stereocenters. The number of nitrogens with zero attached hydrogens (tertiary/aromatic N) is 6. The van der Waals surface area contributed by atoms with Crippen LogP contribution >= 0.6 is 0 Å². The van der Waals surface area contributed by atoms with E-state index >= 15 is 0 Å². The number of aryl methyl sites for hydroxylation is 1. The minimum absolute atomic E-state index is 0.00800. The Labute approximate surface area is 173 Å². The van der Waals surface area contributed by atoms with Gasteiger partial charge in [-0.25, -0.2) is 4.98 Å². The first kappa shape index (κ1) is 21.3. The number of amides is 2. The lowest BCUT2D eigenvalue weighted by atomic mass is 9.96. The van der Waals surface area contributed by atoms with E-state index in [2.05, 4.69) is 14.8 Å². The molecule has 0 radical (unpaired) electrons. The Hall–Kier alpha value is -2.38. The molecule has 0 N–H and O–H groups in total. The van der Waals surface area contributed by atoms with Crippen LogP contribution in [0.5, 0.6) is 0 Å². The van der Waals surface area contributed by atoms with Gasteiger partial charge >= 0.3 is 0 Å². The van der Waals surface area contributed by atoms with Crippen LogP contribution in [0.15, 0.2) is 6.20 Å². The van der Waals surface area contributed by atoms with Gasteiger partial charge in [0.15, 0.2) is 0 Å². The van der Waals surface area contributed by atoms with E-state index in [4.69, 9.17) is 4.98 Å². The number of rotatable bonds is 4. The van der Waals surface area contributed by atoms with E-state index in [-0.39, 0.29) is 23.7 Å². The fourth-order valence-corrected chi connectivity index (χ4v) is 4.36. The highest BCUT2D eigenvalue weighted by molar-refractivity contribution is 5.79. The van der Waals surface area contributed by atoms with E-state index in [1.54, 1.807) is 9.80 Å². The molecule has 2 unspecified atom stereocenters. The summed E-state index contributed by atoms with van der Waals surface area (Å²) < 4.78 is 0. The third kappa shape index (κ3) is 4.79. The van der Waals surface area contributed by atoms with Gasteiger partial charge in [-0.3, -0.25) is 9.59 Å². The highest BCUT2D eigenvalue weighted by Crippen LogP contribution is 2.28. The van der Waals surface area contributed by atoms with Crippen molar-refractivity contribution in [1.29, 1.82) is 0 Å². The molecule has 2 fully saturated rings. The number of hydrogen-bond acceptors (Lipinski definition) is 6. The van der Waals surface area contributed by atoms with Crippen molar-refractivity contribution in [3.8, 4) is 0 Å². The van der Waals surface area contributed by atoms with Crippen LogP contribution in [0.2, 0.25) is 0 Å². The Balaban J connectivity index is 1.77. The molecule has 0 saturated carbocycles. The molecule has 0 spiro atoms. The Kier molecular flexibility index (Phi) is 6.59. The van der Waals surface area contributed by atoms with Gasteiger partial charge in [-0.1, -0.05) is 0 Å². The summed E-state index contributed by atoms with van der Waals surface area (Å²) >= 11 is 0. The van der Waals surface area contributed by atoms with Crippen molar-refractivity contribution in [2.75, 3.05) is 64.2 Å². The summed E-state index contributed by atoms with van der Waals surface area (Å²) in [6.45, 7) is 5.13. The molecule has 3 rings (SSSR count). The number of carbonyl (C=O) groups excluding carboxylic acids is 2. The van der Waals surface area contributed by atoms with Crippen LogP contribution < -0.4 is 9.80 Å². The fraction of sp³-hybridized carbons (Fsp3) is 0.714. The Morgan fingerprint density at radius 2 is 1.45 bits per heavy atom. The van der Waals surface area contributed by atoms with Crippen LogP contribution in [-0.2, 0) is 9.59 Å². The van der Waals surface area contributed by atoms with Crippen molar-refractivity contribution in [3.05, 3.63) is 11.8 Å². The van der Waals surface area contributed by atoms with E-state index < -0.39 is 0 Å². The second-order valence-electron chi connectivity index (χ2n) is 8.71. The Morgan fingerprint density at radius 3 is 2.00 bits per heavy atom. The maximum atomic E-state index is 12.5. The van der Waals surface area contributed by atoms with Crippen LogP contribution in [-0.4, -0.2) is 86.0 Å². The fourth-order valence-electron chi connectivity index (χ4n) is 4.36. The molecule has 0 aromatic carbocycles. The number of aromatic nitrogens is 2. The minimum Gasteiger partial charge on any atom is -0.355 e. The zero-order valence-corrected chi connectivity index (χ0v) is 18.4. The van der Waals surface area contributed by atoms with Gasteiger partial charge in [0.05, 0.1) is 11.8 Å². The first-order chi connectivity index (χ1) is 13.8. The average molecular weight is 403 g/mol. The maximum absolute atomic E-state index is 12.5. The molecule has 2 amide bonds. The van der Waals surface area contributed by atoms with Crippen molar-refractivity contribution in [2.45, 2.75) is 32.6 Å². The third-order valence-electron chi connectivity index (χ3n) is 5.94. The molecule has 0 aliphatic carbocycles. The van der Waals surface area contributed by atoms with Gasteiger partial charge in [0.2, 0.25) is 17.8 Å². The Morgan fingerprint density at radius 1 is 0.931 bits per heavy atom. The molecule has 8 heteroatoms. The van der Waals surface area contributed by atoms with E-state index in [0.29, 0.717) is 19.0 Å². The first-order valence-corrected chi connectivity index (χ1v) is 10.5. The van der Waals surface area contributed by atoms with E-state index in [1.807, 2.05) is 41.3 Å². The summed E-state index contributed by atoms with van der Waals surface area (Å²) in [6, 6.07) is 0. The highest BCUT2D eigenvalue weighted by atomic mass is 16.2. The average Bonchev–Trinajstić information content (AvgIpc) is 2.73. The predicted octanol–water partition coefficient (Wildman–Crippen LogP) is 1.39. The molecule has 1 aromatic heterocycles. The number of carbonyl (C=O) groups is 2. The van der Waals surface area contributed by atoms with E-state index in [9.17, 15) is 9.59 Å². The minimum atomic E-state index is -0.0100. The smallest absolute Gasteiger partial charge is 0.227 e. The van der Waals surface area contributed by atoms with Crippen LogP contribution in [0.25, 0.3) is 0 Å². The van der Waals surface area contributed by atoms with E-state index in [1.165, 1.54) is 0 Å². The van der Waals surface area contributed by atoms with Crippen molar-refractivity contribution in [2.24, 2.45) is 11.8 Å². The van der Waals surface area contributed by atoms with Crippen molar-refractivity contribution < 1.29 is 9.59 Å². The molecule has 8 nitrogen and oxygen atoms in total. The van der Waals surface area contributed by atoms with Crippen LogP contribution in [0.4, 0.5) is 11.8 Å². The molecular formula is C21H34N6O2. The monoisotopic (exact) mass is 402 g/mol. The SMILES string of the molecule is Cc1cnc(N2CCCC(C(=O)N(C)C)C2)nc1N1CCCC(C(=O)N(C)C)C1. The number of hydrogen-bond donors (Lipinski definition) is 0. The zero-order valence-electron chi connectivity index (χ0n) is 18.4. The summed E-state index contributed by atoms with van der Waals surface area (Å²) in [6.07, 6.45) is 5.64. The molecule has 0 bridgehead atoms. The predicted molar refractivity (Wildman–Crippen MR) is 114 cm³/mol. The third-order valence-corrected chi connectivity index (χ3v) is 5.94. The standard InChI is InChI=1S/C21H34N6O2/c1-15-12-22-21(27-11-7-9-17(14-27)20(29)25(4)5)23-18(15)26-10-6-8-16(13-26)19(28)24(2)3/h12,16-17H,6-11,13-14H2,1-5H3. The van der Waals surface area contributed by atoms with Gasteiger partial charge in [-0.15, -0.1) is 0 Å². The molecule has 160 valence electrons. The molecule has 2 aliphatic rings. The second-order valence-corrected chi connectivity index (χ2v) is 8.71. The molecule has 29 heavy (non-hydrogen) atoms. The van der Waals surface area contributed by atoms with Crippen LogP contribution in [0.1, 0.15) is 31.2 Å². The van der Waals surface area contributed by atoms with Gasteiger partial charge in [-0.05, 0) is 32.6 Å². The lowest BCUT2D eigenvalue weighted by molar-refractivity contribution is -0.133. The lowest BCUT2D eigenvalue weighted by Gasteiger charge is -2.36. The molecule has 2 saturated heterocycles. The van der Waals surface area contributed by atoms with Crippen molar-refractivity contribution in [1.82, 2.24) is 19.8 Å². The summed E-state index contributed by atoms with van der Waals surface area (Å²) in [4.78, 5) is 42.0. The molecule has 2 aliphatic heterocycles. The zero-order chi connectivity index (χ0) is 21.1. The first-order valence-electron chi connectivity index (χ1n) is 10.5.